The molecule has 1 aromatic carbocycles. The van der Waals surface area contributed by atoms with Crippen molar-refractivity contribution in [3.8, 4) is 0 Å². The van der Waals surface area contributed by atoms with Crippen LogP contribution in [0.5, 0.6) is 0 Å². The summed E-state index contributed by atoms with van der Waals surface area (Å²) in [6, 6.07) is 3.42. The first kappa shape index (κ1) is 16.2. The van der Waals surface area contributed by atoms with Crippen LogP contribution >= 0.6 is 27.5 Å². The highest BCUT2D eigenvalue weighted by Crippen LogP contribution is 2.31. The van der Waals surface area contributed by atoms with Crippen molar-refractivity contribution in [2.45, 2.75) is 36.6 Å². The largest absolute Gasteiger partial charge is 0.244 e. The molecule has 0 aliphatic heterocycles. The Bertz CT molecular complexity index is 576. The van der Waals surface area contributed by atoms with Crippen molar-refractivity contribution in [2.75, 3.05) is 11.9 Å². The molecular weight excluding hydrogens is 369 g/mol. The van der Waals surface area contributed by atoms with Crippen LogP contribution in [0.25, 0.3) is 0 Å². The van der Waals surface area contributed by atoms with Gasteiger partial charge in [0.2, 0.25) is 10.0 Å². The van der Waals surface area contributed by atoms with Gasteiger partial charge >= 0.3 is 0 Å². The molecule has 0 saturated heterocycles. The predicted octanol–water partition coefficient (Wildman–Crippen LogP) is 3.81. The third kappa shape index (κ3) is 3.35. The van der Waals surface area contributed by atoms with E-state index in [0.29, 0.717) is 11.9 Å². The van der Waals surface area contributed by atoms with Gasteiger partial charge in [0.1, 0.15) is 10.7 Å². The number of halogens is 3. The first-order chi connectivity index (χ1) is 9.46. The number of rotatable bonds is 5. The summed E-state index contributed by atoms with van der Waals surface area (Å²) < 4.78 is 40.3. The molecule has 0 spiro atoms. The highest BCUT2D eigenvalue weighted by molar-refractivity contribution is 9.09. The second-order valence-electron chi connectivity index (χ2n) is 4.82. The van der Waals surface area contributed by atoms with E-state index in [1.54, 1.807) is 0 Å². The Kier molecular flexibility index (Phi) is 5.45. The Morgan fingerprint density at radius 2 is 2.00 bits per heavy atom. The van der Waals surface area contributed by atoms with Gasteiger partial charge in [0.15, 0.2) is 0 Å². The highest BCUT2D eigenvalue weighted by atomic mass is 79.9. The van der Waals surface area contributed by atoms with Gasteiger partial charge < -0.3 is 0 Å². The van der Waals surface area contributed by atoms with E-state index in [-0.39, 0.29) is 16.0 Å². The van der Waals surface area contributed by atoms with Crippen LogP contribution < -0.4 is 0 Å². The third-order valence-electron chi connectivity index (χ3n) is 3.52. The minimum atomic E-state index is -3.77. The van der Waals surface area contributed by atoms with Crippen LogP contribution in [0.2, 0.25) is 5.02 Å². The number of benzene rings is 1. The Hall–Kier alpha value is -0.170. The van der Waals surface area contributed by atoms with E-state index in [1.807, 2.05) is 0 Å². The highest BCUT2D eigenvalue weighted by Gasteiger charge is 2.34. The van der Waals surface area contributed by atoms with Gasteiger partial charge in [-0.1, -0.05) is 40.4 Å². The number of sulfonamides is 1. The molecule has 0 N–H and O–H groups in total. The average molecular weight is 385 g/mol. The minimum absolute atomic E-state index is 0.0168. The molecule has 2 rings (SSSR count). The topological polar surface area (TPSA) is 37.4 Å². The molecule has 0 unspecified atom stereocenters. The number of hydrogen-bond donors (Lipinski definition) is 0. The van der Waals surface area contributed by atoms with Gasteiger partial charge in [-0.25, -0.2) is 12.8 Å². The number of nitrogens with zero attached hydrogens (tertiary/aromatic N) is 1. The monoisotopic (exact) mass is 383 g/mol. The van der Waals surface area contributed by atoms with Crippen molar-refractivity contribution in [3.05, 3.63) is 29.0 Å². The van der Waals surface area contributed by atoms with Crippen LogP contribution in [-0.4, -0.2) is 30.6 Å². The zero-order valence-electron chi connectivity index (χ0n) is 10.9. The molecule has 20 heavy (non-hydrogen) atoms. The zero-order valence-corrected chi connectivity index (χ0v) is 14.0. The van der Waals surface area contributed by atoms with Gasteiger partial charge in [0, 0.05) is 17.9 Å². The van der Waals surface area contributed by atoms with Crippen LogP contribution in [0.1, 0.15) is 25.7 Å². The van der Waals surface area contributed by atoms with Crippen molar-refractivity contribution in [1.82, 2.24) is 4.31 Å². The lowest BCUT2D eigenvalue weighted by molar-refractivity contribution is 0.338. The van der Waals surface area contributed by atoms with Gasteiger partial charge in [-0.3, -0.25) is 0 Å². The molecule has 1 fully saturated rings. The predicted molar refractivity (Wildman–Crippen MR) is 81.4 cm³/mol. The van der Waals surface area contributed by atoms with Crippen molar-refractivity contribution in [3.63, 3.8) is 0 Å². The van der Waals surface area contributed by atoms with Crippen LogP contribution in [0, 0.1) is 5.82 Å². The summed E-state index contributed by atoms with van der Waals surface area (Å²) in [6.45, 7) is 0.361. The van der Waals surface area contributed by atoms with E-state index in [0.717, 1.165) is 37.8 Å². The molecule has 1 aliphatic carbocycles. The van der Waals surface area contributed by atoms with E-state index >= 15 is 0 Å². The van der Waals surface area contributed by atoms with Crippen LogP contribution in [0.4, 0.5) is 4.39 Å². The van der Waals surface area contributed by atoms with Gasteiger partial charge in [0.05, 0.1) is 5.02 Å². The molecular formula is C13H16BrClFNO2S. The summed E-state index contributed by atoms with van der Waals surface area (Å²) in [7, 11) is -3.77. The first-order valence-electron chi connectivity index (χ1n) is 6.49. The second-order valence-corrected chi connectivity index (χ2v) is 7.88. The smallest absolute Gasteiger partial charge is 0.207 e. The fraction of sp³-hybridized carbons (Fsp3) is 0.538. The van der Waals surface area contributed by atoms with E-state index in [1.165, 1.54) is 10.4 Å². The van der Waals surface area contributed by atoms with Gasteiger partial charge in [-0.05, 0) is 31.0 Å². The van der Waals surface area contributed by atoms with Crippen LogP contribution in [-0.2, 0) is 10.0 Å². The second kappa shape index (κ2) is 6.73. The summed E-state index contributed by atoms with van der Waals surface area (Å²) in [4.78, 5) is -0.146. The molecule has 0 bridgehead atoms. The summed E-state index contributed by atoms with van der Waals surface area (Å²) in [6.07, 6.45) is 3.74. The van der Waals surface area contributed by atoms with E-state index in [2.05, 4.69) is 15.9 Å². The maximum atomic E-state index is 13.4. The number of alkyl halides is 1. The lowest BCUT2D eigenvalue weighted by Crippen LogP contribution is -2.40. The lowest BCUT2D eigenvalue weighted by atomic mass is 10.2. The summed E-state index contributed by atoms with van der Waals surface area (Å²) in [5.74, 6) is -0.599. The van der Waals surface area contributed by atoms with Gasteiger partial charge in [-0.15, -0.1) is 0 Å². The summed E-state index contributed by atoms with van der Waals surface area (Å²) in [5, 5.41) is 0.597. The molecule has 1 aromatic rings. The molecule has 7 heteroatoms. The third-order valence-corrected chi connectivity index (χ3v) is 6.30. The van der Waals surface area contributed by atoms with Gasteiger partial charge in [0.25, 0.3) is 0 Å². The Balaban J connectivity index is 2.41. The zero-order chi connectivity index (χ0) is 14.8. The Labute approximate surface area is 132 Å². The van der Waals surface area contributed by atoms with E-state index in [9.17, 15) is 12.8 Å². The molecule has 3 nitrogen and oxygen atoms in total. The van der Waals surface area contributed by atoms with Crippen molar-refractivity contribution >= 4 is 37.6 Å². The van der Waals surface area contributed by atoms with E-state index in [4.69, 9.17) is 11.6 Å². The molecule has 0 aromatic heterocycles. The fourth-order valence-corrected chi connectivity index (χ4v) is 5.37. The van der Waals surface area contributed by atoms with Crippen molar-refractivity contribution in [2.24, 2.45) is 0 Å². The molecule has 1 aliphatic rings. The SMILES string of the molecule is O=S(=O)(c1cc(F)ccc1Cl)N(CCBr)C1CCCC1. The number of hydrogen-bond acceptors (Lipinski definition) is 2. The van der Waals surface area contributed by atoms with Crippen LogP contribution in [0.15, 0.2) is 23.1 Å². The first-order valence-corrected chi connectivity index (χ1v) is 9.43. The van der Waals surface area contributed by atoms with Crippen LogP contribution in [0.3, 0.4) is 0 Å². The van der Waals surface area contributed by atoms with Crippen molar-refractivity contribution < 1.29 is 12.8 Å². The average Bonchev–Trinajstić information content (AvgIpc) is 2.92. The normalized spacial score (nSPS) is 17.0. The molecule has 0 amide bonds. The molecule has 112 valence electrons. The summed E-state index contributed by atoms with van der Waals surface area (Å²) in [5.41, 5.74) is 0. The maximum Gasteiger partial charge on any atom is 0.244 e. The van der Waals surface area contributed by atoms with Gasteiger partial charge in [-0.2, -0.15) is 4.31 Å². The summed E-state index contributed by atoms with van der Waals surface area (Å²) >= 11 is 9.23. The molecule has 0 radical (unpaired) electrons. The molecule has 0 atom stereocenters. The Morgan fingerprint density at radius 1 is 1.35 bits per heavy atom. The lowest BCUT2D eigenvalue weighted by Gasteiger charge is -2.27. The quantitative estimate of drug-likeness (QED) is 0.724. The Morgan fingerprint density at radius 3 is 2.60 bits per heavy atom. The standard InChI is InChI=1S/C13H16BrClFNO2S/c14-7-8-17(11-3-1-2-4-11)20(18,19)13-9-10(16)5-6-12(13)15/h5-6,9,11H,1-4,7-8H2. The molecule has 1 saturated carbocycles. The minimum Gasteiger partial charge on any atom is -0.207 e. The molecule has 0 heterocycles. The maximum absolute atomic E-state index is 13.4. The van der Waals surface area contributed by atoms with Crippen molar-refractivity contribution in [1.29, 1.82) is 0 Å². The van der Waals surface area contributed by atoms with E-state index < -0.39 is 15.8 Å². The fourth-order valence-electron chi connectivity index (χ4n) is 2.58.